The fourth-order valence-electron chi connectivity index (χ4n) is 3.30. The molecule has 0 saturated carbocycles. The molecule has 4 rings (SSSR count). The predicted molar refractivity (Wildman–Crippen MR) is 115 cm³/mol. The third kappa shape index (κ3) is 4.38. The van der Waals surface area contributed by atoms with Crippen LogP contribution in [-0.4, -0.2) is 22.5 Å². The van der Waals surface area contributed by atoms with Crippen molar-refractivity contribution < 1.29 is 14.0 Å². The lowest BCUT2D eigenvalue weighted by atomic mass is 10.1. The maximum absolute atomic E-state index is 12.5. The fraction of sp³-hybridized carbons (Fsp3) is 0.217. The van der Waals surface area contributed by atoms with E-state index in [1.807, 2.05) is 53.4 Å². The van der Waals surface area contributed by atoms with Crippen LogP contribution in [-0.2, 0) is 17.8 Å². The Bertz CT molecular complexity index is 982. The second-order valence-electron chi connectivity index (χ2n) is 6.89. The molecule has 0 bridgehead atoms. The molecular formula is C23H22N2O3S. The Morgan fingerprint density at radius 2 is 1.90 bits per heavy atom. The number of hydrogen-bond acceptors (Lipinski definition) is 4. The number of nitrogens with zero attached hydrogens (tertiary/aromatic N) is 1. The van der Waals surface area contributed by atoms with Crippen LogP contribution in [0.4, 0.5) is 5.69 Å². The summed E-state index contributed by atoms with van der Waals surface area (Å²) in [5.74, 6) is 1.15. The summed E-state index contributed by atoms with van der Waals surface area (Å²) in [5.41, 5.74) is 3.59. The summed E-state index contributed by atoms with van der Waals surface area (Å²) in [4.78, 5) is 26.7. The number of rotatable bonds is 6. The lowest BCUT2D eigenvalue weighted by Gasteiger charge is -2.23. The summed E-state index contributed by atoms with van der Waals surface area (Å²) in [6.07, 6.45) is 2.58. The highest BCUT2D eigenvalue weighted by atomic mass is 32.2. The molecular weight excluding hydrogens is 384 g/mol. The van der Waals surface area contributed by atoms with E-state index in [0.29, 0.717) is 17.9 Å². The van der Waals surface area contributed by atoms with Gasteiger partial charge in [-0.15, -0.1) is 11.8 Å². The van der Waals surface area contributed by atoms with Gasteiger partial charge in [0.15, 0.2) is 0 Å². The quantitative estimate of drug-likeness (QED) is 0.634. The number of carbonyl (C=O) groups excluding carboxylic acids is 2. The predicted octanol–water partition coefficient (Wildman–Crippen LogP) is 4.87. The molecule has 5 nitrogen and oxygen atoms in total. The highest BCUT2D eigenvalue weighted by molar-refractivity contribution is 8.00. The van der Waals surface area contributed by atoms with Crippen LogP contribution in [0.5, 0.6) is 0 Å². The summed E-state index contributed by atoms with van der Waals surface area (Å²) in [5, 5.41) is 2.85. The van der Waals surface area contributed by atoms with E-state index in [-0.39, 0.29) is 17.2 Å². The first-order valence-electron chi connectivity index (χ1n) is 9.58. The molecule has 0 radical (unpaired) electrons. The van der Waals surface area contributed by atoms with E-state index in [4.69, 9.17) is 4.42 Å². The van der Waals surface area contributed by atoms with Gasteiger partial charge in [-0.1, -0.05) is 31.2 Å². The first-order valence-corrected chi connectivity index (χ1v) is 10.6. The monoisotopic (exact) mass is 406 g/mol. The summed E-state index contributed by atoms with van der Waals surface area (Å²) in [6, 6.07) is 19.0. The Morgan fingerprint density at radius 1 is 1.14 bits per heavy atom. The van der Waals surface area contributed by atoms with E-state index in [2.05, 4.69) is 12.2 Å². The van der Waals surface area contributed by atoms with Crippen molar-refractivity contribution in [2.45, 2.75) is 25.3 Å². The number of aryl methyl sites for hydroxylation is 1. The average molecular weight is 407 g/mol. The maximum Gasteiger partial charge on any atom is 0.255 e. The van der Waals surface area contributed by atoms with Crippen LogP contribution in [0.3, 0.4) is 0 Å². The standard InChI is InChI=1S/C23H22N2O3S/c1-2-16-5-11-19(12-6-16)24-22(27)17-7-9-18(10-8-17)23-25(21(26)15-29-23)14-20-4-3-13-28-20/h3-13,23H,2,14-15H2,1H3,(H,24,27)/t23-/m1/s1. The molecule has 148 valence electrons. The summed E-state index contributed by atoms with van der Waals surface area (Å²) in [6.45, 7) is 2.54. The molecule has 29 heavy (non-hydrogen) atoms. The highest BCUT2D eigenvalue weighted by Gasteiger charge is 2.33. The molecule has 6 heteroatoms. The molecule has 1 fully saturated rings. The van der Waals surface area contributed by atoms with E-state index in [9.17, 15) is 9.59 Å². The smallest absolute Gasteiger partial charge is 0.255 e. The first kappa shape index (κ1) is 19.3. The maximum atomic E-state index is 12.5. The van der Waals surface area contributed by atoms with Gasteiger partial charge in [0.25, 0.3) is 5.91 Å². The van der Waals surface area contributed by atoms with Gasteiger partial charge in [-0.3, -0.25) is 9.59 Å². The van der Waals surface area contributed by atoms with Gasteiger partial charge in [0.2, 0.25) is 5.91 Å². The van der Waals surface area contributed by atoms with Crippen molar-refractivity contribution >= 4 is 29.3 Å². The van der Waals surface area contributed by atoms with Crippen LogP contribution in [0, 0.1) is 0 Å². The number of hydrogen-bond donors (Lipinski definition) is 1. The number of thioether (sulfide) groups is 1. The number of amides is 2. The molecule has 1 atom stereocenters. The van der Waals surface area contributed by atoms with Crippen LogP contribution in [0.1, 0.15) is 39.5 Å². The van der Waals surface area contributed by atoms with E-state index in [1.54, 1.807) is 30.2 Å². The minimum absolute atomic E-state index is 0.0775. The van der Waals surface area contributed by atoms with Crippen molar-refractivity contribution in [2.75, 3.05) is 11.1 Å². The zero-order valence-corrected chi connectivity index (χ0v) is 16.9. The van der Waals surface area contributed by atoms with Crippen molar-refractivity contribution in [1.82, 2.24) is 4.90 Å². The Balaban J connectivity index is 1.45. The van der Waals surface area contributed by atoms with E-state index < -0.39 is 0 Å². The molecule has 0 aliphatic carbocycles. The summed E-state index contributed by atoms with van der Waals surface area (Å²) >= 11 is 1.59. The fourth-order valence-corrected chi connectivity index (χ4v) is 4.49. The zero-order valence-electron chi connectivity index (χ0n) is 16.1. The van der Waals surface area contributed by atoms with Crippen LogP contribution in [0.25, 0.3) is 0 Å². The van der Waals surface area contributed by atoms with Gasteiger partial charge < -0.3 is 14.6 Å². The second kappa shape index (κ2) is 8.57. The normalized spacial score (nSPS) is 16.2. The molecule has 2 amide bonds. The van der Waals surface area contributed by atoms with Gasteiger partial charge in [0.05, 0.1) is 18.6 Å². The van der Waals surface area contributed by atoms with Crippen LogP contribution in [0.15, 0.2) is 71.3 Å². The molecule has 0 spiro atoms. The molecule has 2 aromatic carbocycles. The molecule has 1 aliphatic heterocycles. The zero-order chi connectivity index (χ0) is 20.2. The molecule has 1 saturated heterocycles. The second-order valence-corrected chi connectivity index (χ2v) is 7.96. The molecule has 1 aliphatic rings. The minimum Gasteiger partial charge on any atom is -0.467 e. The Kier molecular flexibility index (Phi) is 5.71. The largest absolute Gasteiger partial charge is 0.467 e. The molecule has 3 aromatic rings. The van der Waals surface area contributed by atoms with Gasteiger partial charge in [-0.2, -0.15) is 0 Å². The molecule has 2 heterocycles. The minimum atomic E-state index is -0.150. The highest BCUT2D eigenvalue weighted by Crippen LogP contribution is 2.39. The lowest BCUT2D eigenvalue weighted by Crippen LogP contribution is -2.27. The molecule has 1 N–H and O–H groups in total. The van der Waals surface area contributed by atoms with Crippen molar-refractivity contribution in [3.05, 3.63) is 89.4 Å². The van der Waals surface area contributed by atoms with Crippen LogP contribution >= 0.6 is 11.8 Å². The van der Waals surface area contributed by atoms with E-state index in [0.717, 1.165) is 23.4 Å². The first-order chi connectivity index (χ1) is 14.1. The topological polar surface area (TPSA) is 62.6 Å². The lowest BCUT2D eigenvalue weighted by molar-refractivity contribution is -0.128. The Morgan fingerprint density at radius 3 is 2.55 bits per heavy atom. The third-order valence-electron chi connectivity index (χ3n) is 4.95. The van der Waals surface area contributed by atoms with E-state index in [1.165, 1.54) is 5.56 Å². The number of anilines is 1. The van der Waals surface area contributed by atoms with E-state index >= 15 is 0 Å². The number of carbonyl (C=O) groups is 2. The van der Waals surface area contributed by atoms with Gasteiger partial charge in [-0.05, 0) is 53.9 Å². The average Bonchev–Trinajstić information content (AvgIpc) is 3.39. The van der Waals surface area contributed by atoms with Crippen molar-refractivity contribution in [3.8, 4) is 0 Å². The Hall–Kier alpha value is -2.99. The van der Waals surface area contributed by atoms with Gasteiger partial charge in [0, 0.05) is 11.3 Å². The van der Waals surface area contributed by atoms with Crippen LogP contribution < -0.4 is 5.32 Å². The van der Waals surface area contributed by atoms with Crippen LogP contribution in [0.2, 0.25) is 0 Å². The van der Waals surface area contributed by atoms with Crippen molar-refractivity contribution in [2.24, 2.45) is 0 Å². The van der Waals surface area contributed by atoms with Crippen molar-refractivity contribution in [1.29, 1.82) is 0 Å². The number of benzene rings is 2. The Labute approximate surface area is 174 Å². The van der Waals surface area contributed by atoms with Gasteiger partial charge >= 0.3 is 0 Å². The molecule has 0 unspecified atom stereocenters. The summed E-state index contributed by atoms with van der Waals surface area (Å²) < 4.78 is 5.39. The number of nitrogens with one attached hydrogen (secondary N) is 1. The SMILES string of the molecule is CCc1ccc(NC(=O)c2ccc([C@H]3SCC(=O)N3Cc3ccco3)cc2)cc1. The van der Waals surface area contributed by atoms with Gasteiger partial charge in [0.1, 0.15) is 11.1 Å². The van der Waals surface area contributed by atoms with Gasteiger partial charge in [-0.25, -0.2) is 0 Å². The molecule has 1 aromatic heterocycles. The third-order valence-corrected chi connectivity index (χ3v) is 6.21. The summed E-state index contributed by atoms with van der Waals surface area (Å²) in [7, 11) is 0. The number of furan rings is 1. The van der Waals surface area contributed by atoms with Crippen molar-refractivity contribution in [3.63, 3.8) is 0 Å².